The molecule has 1 aromatic carbocycles. The van der Waals surface area contributed by atoms with Crippen molar-refractivity contribution in [1.82, 2.24) is 15.0 Å². The van der Waals surface area contributed by atoms with Crippen molar-refractivity contribution in [3.05, 3.63) is 36.4 Å². The fourth-order valence-electron chi connectivity index (χ4n) is 1.99. The molecule has 0 saturated carbocycles. The molecule has 0 atom stereocenters. The van der Waals surface area contributed by atoms with Crippen molar-refractivity contribution >= 4 is 21.0 Å². The highest BCUT2D eigenvalue weighted by Crippen LogP contribution is 2.22. The van der Waals surface area contributed by atoms with Crippen LogP contribution in [0.3, 0.4) is 0 Å². The second-order valence-electron chi connectivity index (χ2n) is 4.61. The Kier molecular flexibility index (Phi) is 3.13. The molecule has 0 unspecified atom stereocenters. The van der Waals surface area contributed by atoms with Crippen molar-refractivity contribution in [2.45, 2.75) is 4.90 Å². The molecule has 3 aromatic rings. The summed E-state index contributed by atoms with van der Waals surface area (Å²) in [5, 5.41) is 0. The van der Waals surface area contributed by atoms with E-state index < -0.39 is 9.84 Å². The first-order valence-corrected chi connectivity index (χ1v) is 8.08. The lowest BCUT2D eigenvalue weighted by Gasteiger charge is -1.99. The third kappa shape index (κ3) is 2.59. The van der Waals surface area contributed by atoms with Crippen LogP contribution in [0.1, 0.15) is 0 Å². The lowest BCUT2D eigenvalue weighted by atomic mass is 10.2. The van der Waals surface area contributed by atoms with Gasteiger partial charge in [-0.3, -0.25) is 0 Å². The Hall–Kier alpha value is -2.41. The number of hydrogen-bond donors (Lipinski definition) is 1. The lowest BCUT2D eigenvalue weighted by Crippen LogP contribution is -1.96. The van der Waals surface area contributed by atoms with Gasteiger partial charge in [-0.05, 0) is 30.3 Å². The SMILES string of the molecule is COc1ccc2[nH]c(-c3ccc(S(C)(=O)=O)cc3)nc2n1. The molecule has 0 radical (unpaired) electrons. The molecule has 0 spiro atoms. The zero-order chi connectivity index (χ0) is 15.0. The van der Waals surface area contributed by atoms with Gasteiger partial charge in [-0.15, -0.1) is 0 Å². The van der Waals surface area contributed by atoms with E-state index >= 15 is 0 Å². The van der Waals surface area contributed by atoms with Gasteiger partial charge in [0.15, 0.2) is 15.5 Å². The average molecular weight is 303 g/mol. The predicted octanol–water partition coefficient (Wildman–Crippen LogP) is 2.04. The Bertz CT molecular complexity index is 899. The topological polar surface area (TPSA) is 84.9 Å². The van der Waals surface area contributed by atoms with Crippen LogP contribution in [0.2, 0.25) is 0 Å². The van der Waals surface area contributed by atoms with Crippen molar-refractivity contribution in [3.63, 3.8) is 0 Å². The maximum Gasteiger partial charge on any atom is 0.215 e. The second kappa shape index (κ2) is 4.85. The molecule has 0 fully saturated rings. The molecule has 0 aliphatic carbocycles. The van der Waals surface area contributed by atoms with Crippen LogP contribution in [0.25, 0.3) is 22.6 Å². The first-order chi connectivity index (χ1) is 9.97. The number of benzene rings is 1. The van der Waals surface area contributed by atoms with Gasteiger partial charge in [-0.1, -0.05) is 0 Å². The lowest BCUT2D eigenvalue weighted by molar-refractivity contribution is 0.399. The number of nitrogens with zero attached hydrogens (tertiary/aromatic N) is 2. The monoisotopic (exact) mass is 303 g/mol. The van der Waals surface area contributed by atoms with Crippen LogP contribution < -0.4 is 4.74 Å². The predicted molar refractivity (Wildman–Crippen MR) is 79.0 cm³/mol. The minimum absolute atomic E-state index is 0.280. The van der Waals surface area contributed by atoms with Crippen LogP contribution in [-0.2, 0) is 9.84 Å². The summed E-state index contributed by atoms with van der Waals surface area (Å²) in [6, 6.07) is 10.1. The van der Waals surface area contributed by atoms with Gasteiger partial charge in [0, 0.05) is 17.9 Å². The van der Waals surface area contributed by atoms with Crippen LogP contribution in [0.4, 0.5) is 0 Å². The Balaban J connectivity index is 2.04. The highest BCUT2D eigenvalue weighted by Gasteiger charge is 2.10. The van der Waals surface area contributed by atoms with Gasteiger partial charge in [-0.2, -0.15) is 4.98 Å². The van der Waals surface area contributed by atoms with Crippen LogP contribution in [-0.4, -0.2) is 36.7 Å². The number of nitrogens with one attached hydrogen (secondary N) is 1. The summed E-state index contributed by atoms with van der Waals surface area (Å²) in [6.07, 6.45) is 1.18. The number of aromatic nitrogens is 3. The number of rotatable bonds is 3. The maximum absolute atomic E-state index is 11.4. The fraction of sp³-hybridized carbons (Fsp3) is 0.143. The van der Waals surface area contributed by atoms with E-state index in [1.165, 1.54) is 6.26 Å². The third-order valence-corrected chi connectivity index (χ3v) is 4.21. The van der Waals surface area contributed by atoms with Gasteiger partial charge < -0.3 is 9.72 Å². The Morgan fingerprint density at radius 3 is 2.38 bits per heavy atom. The van der Waals surface area contributed by atoms with E-state index in [-0.39, 0.29) is 4.90 Å². The van der Waals surface area contributed by atoms with Crippen LogP contribution in [0.15, 0.2) is 41.3 Å². The maximum atomic E-state index is 11.4. The summed E-state index contributed by atoms with van der Waals surface area (Å²) in [5.74, 6) is 1.12. The van der Waals surface area contributed by atoms with Crippen molar-refractivity contribution in [3.8, 4) is 17.3 Å². The number of aromatic amines is 1. The molecule has 1 N–H and O–H groups in total. The number of imidazole rings is 1. The minimum Gasteiger partial charge on any atom is -0.481 e. The second-order valence-corrected chi connectivity index (χ2v) is 6.62. The van der Waals surface area contributed by atoms with Crippen molar-refractivity contribution in [2.24, 2.45) is 0 Å². The van der Waals surface area contributed by atoms with Gasteiger partial charge in [0.25, 0.3) is 0 Å². The van der Waals surface area contributed by atoms with E-state index in [4.69, 9.17) is 4.74 Å². The number of hydrogen-bond acceptors (Lipinski definition) is 5. The molecule has 0 bridgehead atoms. The first kappa shape index (κ1) is 13.6. The fourth-order valence-corrected chi connectivity index (χ4v) is 2.62. The zero-order valence-corrected chi connectivity index (χ0v) is 12.3. The van der Waals surface area contributed by atoms with Gasteiger partial charge in [-0.25, -0.2) is 13.4 Å². The molecule has 0 amide bonds. The minimum atomic E-state index is -3.19. The summed E-state index contributed by atoms with van der Waals surface area (Å²) < 4.78 is 27.9. The van der Waals surface area contributed by atoms with Gasteiger partial charge in [0.05, 0.1) is 17.5 Å². The Morgan fingerprint density at radius 1 is 1.05 bits per heavy atom. The van der Waals surface area contributed by atoms with Gasteiger partial charge >= 0.3 is 0 Å². The molecule has 0 aliphatic rings. The molecule has 0 aliphatic heterocycles. The summed E-state index contributed by atoms with van der Waals surface area (Å²) in [6.45, 7) is 0. The molecule has 2 heterocycles. The highest BCUT2D eigenvalue weighted by molar-refractivity contribution is 7.90. The molecule has 108 valence electrons. The van der Waals surface area contributed by atoms with Crippen molar-refractivity contribution in [1.29, 1.82) is 0 Å². The van der Waals surface area contributed by atoms with Crippen LogP contribution in [0, 0.1) is 0 Å². The summed E-state index contributed by atoms with van der Waals surface area (Å²) in [4.78, 5) is 12.0. The molecule has 7 heteroatoms. The van der Waals surface area contributed by atoms with Crippen molar-refractivity contribution < 1.29 is 13.2 Å². The van der Waals surface area contributed by atoms with Gasteiger partial charge in [0.2, 0.25) is 5.88 Å². The van der Waals surface area contributed by atoms with E-state index in [2.05, 4.69) is 15.0 Å². The van der Waals surface area contributed by atoms with E-state index in [0.29, 0.717) is 17.4 Å². The number of H-pyrrole nitrogens is 1. The highest BCUT2D eigenvalue weighted by atomic mass is 32.2. The van der Waals surface area contributed by atoms with Crippen LogP contribution >= 0.6 is 0 Å². The molecule has 6 nitrogen and oxygen atoms in total. The zero-order valence-electron chi connectivity index (χ0n) is 11.5. The molecule has 3 rings (SSSR count). The third-order valence-electron chi connectivity index (χ3n) is 3.09. The van der Waals surface area contributed by atoms with Gasteiger partial charge in [0.1, 0.15) is 5.82 Å². The first-order valence-electron chi connectivity index (χ1n) is 6.18. The quantitative estimate of drug-likeness (QED) is 0.800. The Labute approximate surface area is 121 Å². The molecular formula is C14H13N3O3S. The van der Waals surface area contributed by atoms with E-state index in [9.17, 15) is 8.42 Å². The van der Waals surface area contributed by atoms with E-state index in [1.54, 1.807) is 37.4 Å². The standard InChI is InChI=1S/C14H13N3O3S/c1-20-12-8-7-11-14(16-12)17-13(15-11)9-3-5-10(6-4-9)21(2,18)19/h3-8H,1-2H3,(H,15,16,17). The average Bonchev–Trinajstić information content (AvgIpc) is 2.89. The van der Waals surface area contributed by atoms with E-state index in [1.807, 2.05) is 6.07 Å². The number of sulfone groups is 1. The summed E-state index contributed by atoms with van der Waals surface area (Å²) in [7, 11) is -1.65. The molecular weight excluding hydrogens is 290 g/mol. The largest absolute Gasteiger partial charge is 0.481 e. The molecule has 21 heavy (non-hydrogen) atoms. The summed E-state index contributed by atoms with van der Waals surface area (Å²) >= 11 is 0. The molecule has 0 saturated heterocycles. The van der Waals surface area contributed by atoms with E-state index in [0.717, 1.165) is 11.1 Å². The van der Waals surface area contributed by atoms with Crippen molar-refractivity contribution in [2.75, 3.05) is 13.4 Å². The molecule has 2 aromatic heterocycles. The number of pyridine rings is 1. The summed E-state index contributed by atoms with van der Waals surface area (Å²) in [5.41, 5.74) is 2.13. The number of fused-ring (bicyclic) bond motifs is 1. The number of ether oxygens (including phenoxy) is 1. The van der Waals surface area contributed by atoms with Crippen LogP contribution in [0.5, 0.6) is 5.88 Å². The smallest absolute Gasteiger partial charge is 0.215 e. The normalized spacial score (nSPS) is 11.7. The number of methoxy groups -OCH3 is 1. The Morgan fingerprint density at radius 2 is 1.76 bits per heavy atom.